The molecule has 1 aliphatic heterocycles. The van der Waals surface area contributed by atoms with Gasteiger partial charge in [-0.1, -0.05) is 0 Å². The van der Waals surface area contributed by atoms with Crippen LogP contribution in [0.25, 0.3) is 0 Å². The number of piperazine rings is 1. The minimum Gasteiger partial charge on any atom is -0.463 e. The third-order valence-electron chi connectivity index (χ3n) is 3.55. The van der Waals surface area contributed by atoms with Gasteiger partial charge in [0.05, 0.1) is 0 Å². The Bertz CT molecular complexity index is 356. The van der Waals surface area contributed by atoms with Crippen molar-refractivity contribution in [2.75, 3.05) is 39.3 Å². The van der Waals surface area contributed by atoms with Crippen molar-refractivity contribution in [1.82, 2.24) is 19.4 Å². The fourth-order valence-corrected chi connectivity index (χ4v) is 2.26. The van der Waals surface area contributed by atoms with Crippen molar-refractivity contribution in [2.24, 2.45) is 7.05 Å². The first-order valence-electron chi connectivity index (χ1n) is 6.73. The minimum absolute atomic E-state index is 0.663. The topological polar surface area (TPSA) is 33.5 Å². The molecule has 5 nitrogen and oxygen atoms in total. The van der Waals surface area contributed by atoms with E-state index in [2.05, 4.69) is 28.6 Å². The Balaban J connectivity index is 1.65. The molecule has 1 aromatic heterocycles. The van der Waals surface area contributed by atoms with Gasteiger partial charge in [0.2, 0.25) is 0 Å². The quantitative estimate of drug-likeness (QED) is 0.777. The molecule has 1 fully saturated rings. The number of rotatable bonds is 5. The molecule has 2 heterocycles. The zero-order valence-electron chi connectivity index (χ0n) is 11.7. The second kappa shape index (κ2) is 6.20. The number of ether oxygens (including phenoxy) is 1. The van der Waals surface area contributed by atoms with E-state index in [4.69, 9.17) is 4.74 Å². The monoisotopic (exact) mass is 252 g/mol. The van der Waals surface area contributed by atoms with Gasteiger partial charge in [-0.2, -0.15) is 0 Å². The smallest absolute Gasteiger partial charge is 0.295 e. The van der Waals surface area contributed by atoms with E-state index >= 15 is 0 Å². The maximum Gasteiger partial charge on any atom is 0.295 e. The first kappa shape index (κ1) is 13.4. The van der Waals surface area contributed by atoms with Crippen molar-refractivity contribution in [1.29, 1.82) is 0 Å². The van der Waals surface area contributed by atoms with E-state index in [1.165, 1.54) is 13.1 Å². The van der Waals surface area contributed by atoms with E-state index in [1.807, 2.05) is 17.8 Å². The summed E-state index contributed by atoms with van der Waals surface area (Å²) in [4.78, 5) is 9.13. The second-order valence-electron chi connectivity index (χ2n) is 5.14. The number of hydrogen-bond donors (Lipinski definition) is 0. The third-order valence-corrected chi connectivity index (χ3v) is 3.55. The molecule has 0 spiro atoms. The predicted octanol–water partition coefficient (Wildman–Crippen LogP) is 0.825. The highest BCUT2D eigenvalue weighted by molar-refractivity contribution is 4.96. The second-order valence-corrected chi connectivity index (χ2v) is 5.14. The van der Waals surface area contributed by atoms with Crippen molar-refractivity contribution < 1.29 is 4.74 Å². The maximum absolute atomic E-state index is 5.65. The summed E-state index contributed by atoms with van der Waals surface area (Å²) in [7, 11) is 1.95. The van der Waals surface area contributed by atoms with E-state index in [1.54, 1.807) is 6.20 Å². The van der Waals surface area contributed by atoms with E-state index in [9.17, 15) is 0 Å². The molecule has 18 heavy (non-hydrogen) atoms. The van der Waals surface area contributed by atoms with E-state index < -0.39 is 0 Å². The SMILES string of the molecule is CC(C)N1CCN(CCOc2nccn2C)CC1. The van der Waals surface area contributed by atoms with Gasteiger partial charge in [0.1, 0.15) is 6.61 Å². The summed E-state index contributed by atoms with van der Waals surface area (Å²) in [5.74, 6) is 0. The third kappa shape index (κ3) is 3.46. The highest BCUT2D eigenvalue weighted by atomic mass is 16.5. The normalized spacial score (nSPS) is 18.4. The lowest BCUT2D eigenvalue weighted by atomic mass is 10.2. The van der Waals surface area contributed by atoms with Crippen LogP contribution in [-0.4, -0.2) is 64.7 Å². The molecule has 102 valence electrons. The zero-order valence-corrected chi connectivity index (χ0v) is 11.7. The molecule has 2 rings (SSSR count). The lowest BCUT2D eigenvalue weighted by Crippen LogP contribution is -2.49. The van der Waals surface area contributed by atoms with Crippen molar-refractivity contribution in [3.8, 4) is 6.01 Å². The largest absolute Gasteiger partial charge is 0.463 e. The first-order chi connectivity index (χ1) is 8.66. The van der Waals surface area contributed by atoms with Crippen LogP contribution in [0.5, 0.6) is 6.01 Å². The van der Waals surface area contributed by atoms with E-state index in [-0.39, 0.29) is 0 Å². The van der Waals surface area contributed by atoms with Gasteiger partial charge in [0.25, 0.3) is 6.01 Å². The number of nitrogens with zero attached hydrogens (tertiary/aromatic N) is 4. The Hall–Kier alpha value is -1.07. The Morgan fingerprint density at radius 3 is 2.56 bits per heavy atom. The number of aromatic nitrogens is 2. The molecular weight excluding hydrogens is 228 g/mol. The molecule has 0 amide bonds. The summed E-state index contributed by atoms with van der Waals surface area (Å²) in [5.41, 5.74) is 0. The maximum atomic E-state index is 5.65. The Morgan fingerprint density at radius 2 is 2.00 bits per heavy atom. The van der Waals surface area contributed by atoms with Crippen LogP contribution >= 0.6 is 0 Å². The number of imidazole rings is 1. The van der Waals surface area contributed by atoms with Crippen LogP contribution in [0.15, 0.2) is 12.4 Å². The van der Waals surface area contributed by atoms with Crippen LogP contribution in [0.1, 0.15) is 13.8 Å². The molecule has 1 aliphatic rings. The Kier molecular flexibility index (Phi) is 4.60. The molecule has 5 heteroatoms. The molecule has 1 aromatic rings. The van der Waals surface area contributed by atoms with Gasteiger partial charge in [0, 0.05) is 58.2 Å². The standard InChI is InChI=1S/C13H24N4O/c1-12(2)17-8-6-16(7-9-17)10-11-18-13-14-4-5-15(13)3/h4-5,12H,6-11H2,1-3H3. The van der Waals surface area contributed by atoms with Crippen LogP contribution in [0.4, 0.5) is 0 Å². The van der Waals surface area contributed by atoms with Gasteiger partial charge >= 0.3 is 0 Å². The van der Waals surface area contributed by atoms with E-state index in [0.717, 1.165) is 19.6 Å². The number of hydrogen-bond acceptors (Lipinski definition) is 4. The van der Waals surface area contributed by atoms with Crippen LogP contribution in [-0.2, 0) is 7.05 Å². The molecule has 0 N–H and O–H groups in total. The van der Waals surface area contributed by atoms with Crippen molar-refractivity contribution in [2.45, 2.75) is 19.9 Å². The predicted molar refractivity (Wildman–Crippen MR) is 71.9 cm³/mol. The van der Waals surface area contributed by atoms with Gasteiger partial charge in [-0.3, -0.25) is 9.80 Å². The summed E-state index contributed by atoms with van der Waals surface area (Å²) in [5, 5.41) is 0. The minimum atomic E-state index is 0.663. The summed E-state index contributed by atoms with van der Waals surface area (Å²) < 4.78 is 7.55. The summed E-state index contributed by atoms with van der Waals surface area (Å²) in [6.45, 7) is 10.8. The van der Waals surface area contributed by atoms with Gasteiger partial charge in [0.15, 0.2) is 0 Å². The lowest BCUT2D eigenvalue weighted by molar-refractivity contribution is 0.0953. The van der Waals surface area contributed by atoms with E-state index in [0.29, 0.717) is 18.7 Å². The van der Waals surface area contributed by atoms with Crippen LogP contribution in [0.3, 0.4) is 0 Å². The van der Waals surface area contributed by atoms with Crippen LogP contribution in [0, 0.1) is 0 Å². The molecule has 0 bridgehead atoms. The molecule has 0 radical (unpaired) electrons. The molecule has 0 aliphatic carbocycles. The van der Waals surface area contributed by atoms with Gasteiger partial charge in [-0.25, -0.2) is 4.98 Å². The summed E-state index contributed by atoms with van der Waals surface area (Å²) >= 11 is 0. The zero-order chi connectivity index (χ0) is 13.0. The first-order valence-corrected chi connectivity index (χ1v) is 6.73. The van der Waals surface area contributed by atoms with Crippen molar-refractivity contribution in [3.05, 3.63) is 12.4 Å². The van der Waals surface area contributed by atoms with Crippen LogP contribution in [0.2, 0.25) is 0 Å². The Labute approximate surface area is 109 Å². The van der Waals surface area contributed by atoms with Gasteiger partial charge in [-0.05, 0) is 13.8 Å². The molecular formula is C13H24N4O. The molecule has 0 atom stereocenters. The van der Waals surface area contributed by atoms with Gasteiger partial charge < -0.3 is 9.30 Å². The van der Waals surface area contributed by atoms with Crippen LogP contribution < -0.4 is 4.74 Å². The highest BCUT2D eigenvalue weighted by Gasteiger charge is 2.18. The molecule has 1 saturated heterocycles. The fraction of sp³-hybridized carbons (Fsp3) is 0.769. The molecule has 0 aromatic carbocycles. The average molecular weight is 252 g/mol. The highest BCUT2D eigenvalue weighted by Crippen LogP contribution is 2.07. The summed E-state index contributed by atoms with van der Waals surface area (Å²) in [6.07, 6.45) is 3.66. The lowest BCUT2D eigenvalue weighted by Gasteiger charge is -2.36. The summed E-state index contributed by atoms with van der Waals surface area (Å²) in [6, 6.07) is 1.37. The van der Waals surface area contributed by atoms with Gasteiger partial charge in [-0.15, -0.1) is 0 Å². The fourth-order valence-electron chi connectivity index (χ4n) is 2.26. The molecule has 0 unspecified atom stereocenters. The number of aryl methyl sites for hydroxylation is 1. The van der Waals surface area contributed by atoms with Crippen molar-refractivity contribution >= 4 is 0 Å². The molecule has 0 saturated carbocycles. The van der Waals surface area contributed by atoms with Crippen molar-refractivity contribution in [3.63, 3.8) is 0 Å². The Morgan fingerprint density at radius 1 is 1.28 bits per heavy atom. The average Bonchev–Trinajstić information content (AvgIpc) is 2.76.